The molecule has 0 unspecified atom stereocenters. The van der Waals surface area contributed by atoms with Crippen LogP contribution < -0.4 is 7.02 Å². The van der Waals surface area contributed by atoms with Crippen molar-refractivity contribution in [1.82, 2.24) is 0 Å². The molecule has 0 saturated heterocycles. The van der Waals surface area contributed by atoms with Crippen LogP contribution in [0.5, 0.6) is 0 Å². The zero-order chi connectivity index (χ0) is 15.3. The van der Waals surface area contributed by atoms with Crippen LogP contribution >= 0.6 is 7.81 Å². The van der Waals surface area contributed by atoms with Crippen LogP contribution in [0, 0.1) is 0 Å². The molecular weight excluding hydrogens is 411 g/mol. The van der Waals surface area contributed by atoms with Crippen LogP contribution in [0.15, 0.2) is 60.7 Å². The molecule has 2 rings (SSSR count). The molecule has 0 spiro atoms. The Balaban J connectivity index is 0.000000246. The summed E-state index contributed by atoms with van der Waals surface area (Å²) in [4.78, 5) is 0. The van der Waals surface area contributed by atoms with E-state index in [-0.39, 0.29) is 21.6 Å². The van der Waals surface area contributed by atoms with E-state index in [0.29, 0.717) is 0 Å². The molecule has 0 nitrogen and oxygen atoms in total. The Morgan fingerprint density at radius 3 is 1.05 bits per heavy atom. The van der Waals surface area contributed by atoms with Crippen LogP contribution in [0.1, 0.15) is 0 Å². The average Bonchev–Trinajstić information content (AvgIpc) is 2.27. The molecule has 0 saturated carbocycles. The van der Waals surface area contributed by atoms with Crippen LogP contribution in [0.4, 0.5) is 25.2 Å². The molecule has 0 aliphatic rings. The molecule has 2 aromatic rings. The van der Waals surface area contributed by atoms with Crippen LogP contribution in [-0.4, -0.2) is 21.6 Å². The molecule has 2 aromatic carbocycles. The van der Waals surface area contributed by atoms with Crippen LogP contribution in [0.25, 0.3) is 0 Å². The fourth-order valence-electron chi connectivity index (χ4n) is 1.15. The predicted molar refractivity (Wildman–Crippen MR) is 71.5 cm³/mol. The molecule has 0 amide bonds. The number of hydrogen-bond donors (Lipinski definition) is 0. The molecule has 20 heavy (non-hydrogen) atoms. The normalized spacial score (nSPS) is 14.5. The summed E-state index contributed by atoms with van der Waals surface area (Å²) in [5.74, 6) is 0. The van der Waals surface area contributed by atoms with Crippen molar-refractivity contribution >= 4 is 36.4 Å². The van der Waals surface area contributed by atoms with Crippen molar-refractivity contribution in [3.8, 4) is 0 Å². The van der Waals surface area contributed by atoms with E-state index < -0.39 is 7.81 Å². The minimum atomic E-state index is -10.7. The van der Waals surface area contributed by atoms with E-state index >= 15 is 0 Å². The second-order valence-corrected chi connectivity index (χ2v) is 9.24. The Kier molecular flexibility index (Phi) is 4.83. The molecule has 2 radical (unpaired) electrons. The summed E-state index contributed by atoms with van der Waals surface area (Å²) < 4.78 is 62.2. The monoisotopic (exact) mass is 420 g/mol. The van der Waals surface area contributed by atoms with Crippen LogP contribution in [-0.2, 0) is 0 Å². The van der Waals surface area contributed by atoms with Gasteiger partial charge in [0.05, 0.1) is 0 Å². The maximum atomic E-state index is 9.87. The Bertz CT molecular complexity index is 489. The van der Waals surface area contributed by atoms with Crippen molar-refractivity contribution in [2.75, 3.05) is 0 Å². The Labute approximate surface area is 122 Å². The fraction of sp³-hybridized carbons (Fsp3) is 0. The molecule has 0 N–H and O–H groups in total. The van der Waals surface area contributed by atoms with Crippen molar-refractivity contribution in [2.45, 2.75) is 0 Å². The van der Waals surface area contributed by atoms with E-state index in [1.165, 1.54) is 7.02 Å². The van der Waals surface area contributed by atoms with Gasteiger partial charge in [0.2, 0.25) is 0 Å². The van der Waals surface area contributed by atoms with E-state index in [2.05, 4.69) is 60.7 Å². The molecular formula is C12H10F6PSb. The third-order valence-electron chi connectivity index (χ3n) is 1.77. The summed E-state index contributed by atoms with van der Waals surface area (Å²) in [6.07, 6.45) is 0. The fourth-order valence-corrected chi connectivity index (χ4v) is 3.84. The molecule has 0 aromatic heterocycles. The molecule has 0 heterocycles. The third-order valence-corrected chi connectivity index (χ3v) is 4.95. The second-order valence-electron chi connectivity index (χ2n) is 3.74. The number of rotatable bonds is 2. The first kappa shape index (κ1) is 17.3. The van der Waals surface area contributed by atoms with Crippen LogP contribution in [0.2, 0.25) is 0 Å². The Hall–Kier alpha value is -0.732. The van der Waals surface area contributed by atoms with Crippen LogP contribution in [0.3, 0.4) is 0 Å². The molecule has 0 atom stereocenters. The standard InChI is InChI=1S/2C6H5.F6P.Sb/c2*1-2-4-6-5-3-1;1-7(2,3,4,5)6;/h2*1-5H;;/q;;-1;+1. The molecule has 110 valence electrons. The first-order valence-corrected chi connectivity index (χ1v) is 9.86. The SMILES string of the molecule is F[P-](F)(F)(F)(F)F.c1cc[c]([Sb+][c]2ccccc2)cc1. The van der Waals surface area contributed by atoms with E-state index in [1.807, 2.05) is 0 Å². The van der Waals surface area contributed by atoms with E-state index in [1.54, 1.807) is 0 Å². The molecule has 0 fully saturated rings. The van der Waals surface area contributed by atoms with E-state index in [0.717, 1.165) is 0 Å². The van der Waals surface area contributed by atoms with Gasteiger partial charge in [-0.25, -0.2) is 0 Å². The number of hydrogen-bond acceptors (Lipinski definition) is 0. The van der Waals surface area contributed by atoms with E-state index in [9.17, 15) is 25.2 Å². The minimum absolute atomic E-state index is 0.335. The summed E-state index contributed by atoms with van der Waals surface area (Å²) in [6.45, 7) is 0. The summed E-state index contributed by atoms with van der Waals surface area (Å²) in [6, 6.07) is 21.5. The topological polar surface area (TPSA) is 0 Å². The van der Waals surface area contributed by atoms with Gasteiger partial charge in [-0.3, -0.25) is 0 Å². The summed E-state index contributed by atoms with van der Waals surface area (Å²) in [7, 11) is -10.7. The van der Waals surface area contributed by atoms with Gasteiger partial charge in [0.1, 0.15) is 0 Å². The average molecular weight is 421 g/mol. The Morgan fingerprint density at radius 2 is 0.800 bits per heavy atom. The zero-order valence-electron chi connectivity index (χ0n) is 9.94. The van der Waals surface area contributed by atoms with Gasteiger partial charge in [0, 0.05) is 0 Å². The summed E-state index contributed by atoms with van der Waals surface area (Å²) in [5, 5.41) is 0. The van der Waals surface area contributed by atoms with Gasteiger partial charge in [-0.15, -0.1) is 0 Å². The first-order chi connectivity index (χ1) is 8.90. The maximum absolute atomic E-state index is 10.7. The quantitative estimate of drug-likeness (QED) is 0.374. The summed E-state index contributed by atoms with van der Waals surface area (Å²) >= 11 is -0.335. The van der Waals surface area contributed by atoms with Crippen molar-refractivity contribution in [3.05, 3.63) is 60.7 Å². The second kappa shape index (κ2) is 5.57. The van der Waals surface area contributed by atoms with Gasteiger partial charge in [0.25, 0.3) is 0 Å². The van der Waals surface area contributed by atoms with Gasteiger partial charge < -0.3 is 0 Å². The van der Waals surface area contributed by atoms with Crippen molar-refractivity contribution < 1.29 is 25.2 Å². The molecule has 0 bridgehead atoms. The number of benzene rings is 2. The zero-order valence-corrected chi connectivity index (χ0v) is 13.4. The van der Waals surface area contributed by atoms with Crippen molar-refractivity contribution in [1.29, 1.82) is 0 Å². The van der Waals surface area contributed by atoms with Gasteiger partial charge in [0.15, 0.2) is 0 Å². The van der Waals surface area contributed by atoms with E-state index in [4.69, 9.17) is 0 Å². The third kappa shape index (κ3) is 12.3. The summed E-state index contributed by atoms with van der Waals surface area (Å²) in [5.41, 5.74) is 0. The van der Waals surface area contributed by atoms with Crippen molar-refractivity contribution in [3.63, 3.8) is 0 Å². The van der Waals surface area contributed by atoms with Gasteiger partial charge in [-0.2, -0.15) is 0 Å². The van der Waals surface area contributed by atoms with Crippen molar-refractivity contribution in [2.24, 2.45) is 0 Å². The van der Waals surface area contributed by atoms with Gasteiger partial charge in [-0.05, 0) is 0 Å². The molecule has 8 heteroatoms. The first-order valence-electron chi connectivity index (χ1n) is 5.28. The van der Waals surface area contributed by atoms with Gasteiger partial charge >= 0.3 is 122 Å². The van der Waals surface area contributed by atoms with Gasteiger partial charge in [-0.1, -0.05) is 0 Å². The molecule has 0 aliphatic carbocycles. The molecule has 0 aliphatic heterocycles. The predicted octanol–water partition coefficient (Wildman–Crippen LogP) is 4.72. The Morgan fingerprint density at radius 1 is 0.550 bits per heavy atom. The number of halogens is 6.